The molecule has 0 bridgehead atoms. The molecule has 1 aliphatic rings. The summed E-state index contributed by atoms with van der Waals surface area (Å²) in [6, 6.07) is 25.5. The molecule has 0 saturated carbocycles. The van der Waals surface area contributed by atoms with Gasteiger partial charge in [0.25, 0.3) is 0 Å². The van der Waals surface area contributed by atoms with Gasteiger partial charge in [0.05, 0.1) is 20.1 Å². The number of carbonyl (C=O) groups excluding carboxylic acids is 1. The molecule has 0 N–H and O–H groups in total. The summed E-state index contributed by atoms with van der Waals surface area (Å²) < 4.78 is 11.4. The molecule has 0 spiro atoms. The van der Waals surface area contributed by atoms with Crippen LogP contribution in [0, 0.1) is 0 Å². The Morgan fingerprint density at radius 3 is 2.31 bits per heavy atom. The normalized spacial score (nSPS) is 14.1. The van der Waals surface area contributed by atoms with E-state index in [9.17, 15) is 4.79 Å². The van der Waals surface area contributed by atoms with E-state index in [0.717, 1.165) is 45.3 Å². The zero-order valence-corrected chi connectivity index (χ0v) is 21.0. The maximum atomic E-state index is 14.4. The quantitative estimate of drug-likeness (QED) is 0.248. The molecule has 0 fully saturated rings. The first-order valence-electron chi connectivity index (χ1n) is 11.9. The highest BCUT2D eigenvalue weighted by molar-refractivity contribution is 6.30. The van der Waals surface area contributed by atoms with E-state index >= 15 is 0 Å². The van der Waals surface area contributed by atoms with E-state index in [0.29, 0.717) is 22.9 Å². The molecule has 4 aromatic rings. The van der Waals surface area contributed by atoms with Crippen molar-refractivity contribution in [1.82, 2.24) is 4.98 Å². The molecule has 0 aliphatic heterocycles. The van der Waals surface area contributed by atoms with E-state index < -0.39 is 5.92 Å². The van der Waals surface area contributed by atoms with Crippen LogP contribution in [0.1, 0.15) is 45.8 Å². The Balaban J connectivity index is 1.74. The van der Waals surface area contributed by atoms with Crippen molar-refractivity contribution in [2.24, 2.45) is 0 Å². The molecule has 1 heterocycles. The van der Waals surface area contributed by atoms with Crippen molar-refractivity contribution in [3.63, 3.8) is 0 Å². The van der Waals surface area contributed by atoms with Gasteiger partial charge in [0.1, 0.15) is 0 Å². The minimum Gasteiger partial charge on any atom is -0.481 e. The van der Waals surface area contributed by atoms with Gasteiger partial charge in [-0.15, -0.1) is 0 Å². The summed E-state index contributed by atoms with van der Waals surface area (Å²) in [6.45, 7) is 0. The van der Waals surface area contributed by atoms with Gasteiger partial charge in [0.15, 0.2) is 5.78 Å². The third-order valence-electron chi connectivity index (χ3n) is 6.57. The van der Waals surface area contributed by atoms with Crippen LogP contribution in [-0.2, 0) is 0 Å². The molecule has 0 saturated heterocycles. The number of methoxy groups -OCH3 is 2. The van der Waals surface area contributed by atoms with Crippen molar-refractivity contribution in [2.75, 3.05) is 14.2 Å². The molecule has 4 nitrogen and oxygen atoms in total. The van der Waals surface area contributed by atoms with E-state index in [4.69, 9.17) is 26.1 Å². The number of hydrogen-bond acceptors (Lipinski definition) is 4. The summed E-state index contributed by atoms with van der Waals surface area (Å²) in [4.78, 5) is 19.1. The standard InChI is InChI=1S/C31H26ClNO3/c1-35-30-26(21-15-17-23(32)18-16-21)19-27(31(33-30)36-2)28(22-10-4-3-5-11-22)29(34)25-14-8-12-20-9-6-7-13-24(20)25/h3-15,17,19,28H,16,18H2,1-2H3. The van der Waals surface area contributed by atoms with Crippen LogP contribution in [0.5, 0.6) is 11.8 Å². The molecule has 0 amide bonds. The molecule has 1 unspecified atom stereocenters. The summed E-state index contributed by atoms with van der Waals surface area (Å²) in [5.41, 5.74) is 4.11. The van der Waals surface area contributed by atoms with Gasteiger partial charge < -0.3 is 9.47 Å². The molecule has 180 valence electrons. The van der Waals surface area contributed by atoms with Crippen LogP contribution >= 0.6 is 11.6 Å². The summed E-state index contributed by atoms with van der Waals surface area (Å²) in [6.07, 6.45) is 5.40. The van der Waals surface area contributed by atoms with Crippen LogP contribution < -0.4 is 9.47 Å². The second-order valence-corrected chi connectivity index (χ2v) is 9.17. The van der Waals surface area contributed by atoms with Crippen LogP contribution in [-0.4, -0.2) is 25.0 Å². The number of benzene rings is 3. The number of pyridine rings is 1. The number of ether oxygens (including phenoxy) is 2. The maximum Gasteiger partial charge on any atom is 0.224 e. The van der Waals surface area contributed by atoms with Crippen LogP contribution in [0.4, 0.5) is 0 Å². The number of aromatic nitrogens is 1. The van der Waals surface area contributed by atoms with Gasteiger partial charge in [-0.2, -0.15) is 4.98 Å². The van der Waals surface area contributed by atoms with Crippen molar-refractivity contribution in [2.45, 2.75) is 18.8 Å². The first kappa shape index (κ1) is 23.8. The first-order chi connectivity index (χ1) is 17.6. The Kier molecular flexibility index (Phi) is 6.88. The van der Waals surface area contributed by atoms with Gasteiger partial charge in [-0.3, -0.25) is 4.79 Å². The maximum absolute atomic E-state index is 14.4. The van der Waals surface area contributed by atoms with E-state index in [1.807, 2.05) is 91.0 Å². The average molecular weight is 496 g/mol. The second kappa shape index (κ2) is 10.4. The van der Waals surface area contributed by atoms with Gasteiger partial charge in [0.2, 0.25) is 11.8 Å². The fourth-order valence-corrected chi connectivity index (χ4v) is 4.96. The molecule has 36 heavy (non-hydrogen) atoms. The molecule has 1 atom stereocenters. The van der Waals surface area contributed by atoms with Crippen LogP contribution in [0.2, 0.25) is 0 Å². The van der Waals surface area contributed by atoms with Crippen LogP contribution in [0.25, 0.3) is 16.3 Å². The van der Waals surface area contributed by atoms with Crippen molar-refractivity contribution < 1.29 is 14.3 Å². The number of Topliss-reactive ketones (excluding diaryl/α,β-unsaturated/α-hetero) is 1. The monoisotopic (exact) mass is 495 g/mol. The van der Waals surface area contributed by atoms with Gasteiger partial charge in [-0.25, -0.2) is 0 Å². The average Bonchev–Trinajstić information content (AvgIpc) is 2.93. The van der Waals surface area contributed by atoms with Crippen LogP contribution in [0.15, 0.2) is 96.0 Å². The lowest BCUT2D eigenvalue weighted by Gasteiger charge is -2.23. The Labute approximate surface area is 215 Å². The number of allylic oxidation sites excluding steroid dienone is 4. The number of halogens is 1. The van der Waals surface area contributed by atoms with E-state index in [1.54, 1.807) is 14.2 Å². The molecule has 3 aromatic carbocycles. The predicted octanol–water partition coefficient (Wildman–Crippen LogP) is 7.57. The van der Waals surface area contributed by atoms with Gasteiger partial charge in [-0.05, 0) is 46.9 Å². The zero-order chi connectivity index (χ0) is 25.1. The third-order valence-corrected chi connectivity index (χ3v) is 6.89. The van der Waals surface area contributed by atoms with Crippen LogP contribution in [0.3, 0.4) is 0 Å². The number of rotatable bonds is 7. The van der Waals surface area contributed by atoms with Crippen molar-refractivity contribution >= 4 is 33.7 Å². The molecule has 0 radical (unpaired) electrons. The molecule has 1 aromatic heterocycles. The Bertz CT molecular complexity index is 1490. The van der Waals surface area contributed by atoms with Gasteiger partial charge >= 0.3 is 0 Å². The summed E-state index contributed by atoms with van der Waals surface area (Å²) >= 11 is 6.21. The smallest absolute Gasteiger partial charge is 0.224 e. The highest BCUT2D eigenvalue weighted by Crippen LogP contribution is 2.41. The Hall–Kier alpha value is -3.89. The number of nitrogens with zero attached hydrogens (tertiary/aromatic N) is 1. The number of hydrogen-bond donors (Lipinski definition) is 0. The lowest BCUT2D eigenvalue weighted by Crippen LogP contribution is -2.17. The highest BCUT2D eigenvalue weighted by atomic mass is 35.5. The minimum atomic E-state index is -0.618. The number of fused-ring (bicyclic) bond motifs is 1. The lowest BCUT2D eigenvalue weighted by atomic mass is 9.82. The topological polar surface area (TPSA) is 48.4 Å². The SMILES string of the molecule is COc1nc(OC)c(C(C(=O)c2cccc3ccccc23)c2ccccc2)cc1C1=CC=C(Cl)CC1. The first-order valence-corrected chi connectivity index (χ1v) is 12.2. The Morgan fingerprint density at radius 2 is 1.58 bits per heavy atom. The van der Waals surface area contributed by atoms with Crippen molar-refractivity contribution in [3.05, 3.63) is 118 Å². The summed E-state index contributed by atoms with van der Waals surface area (Å²) in [7, 11) is 3.16. The summed E-state index contributed by atoms with van der Waals surface area (Å²) in [5.74, 6) is 0.183. The molecular formula is C31H26ClNO3. The summed E-state index contributed by atoms with van der Waals surface area (Å²) in [5, 5.41) is 2.75. The lowest BCUT2D eigenvalue weighted by molar-refractivity contribution is 0.0974. The number of carbonyl (C=O) groups is 1. The Morgan fingerprint density at radius 1 is 0.861 bits per heavy atom. The second-order valence-electron chi connectivity index (χ2n) is 8.68. The van der Waals surface area contributed by atoms with Crippen molar-refractivity contribution in [3.8, 4) is 11.8 Å². The van der Waals surface area contributed by atoms with Crippen molar-refractivity contribution in [1.29, 1.82) is 0 Å². The largest absolute Gasteiger partial charge is 0.481 e. The highest BCUT2D eigenvalue weighted by Gasteiger charge is 2.30. The fourth-order valence-electron chi connectivity index (χ4n) is 4.80. The minimum absolute atomic E-state index is 0.0187. The molecule has 5 rings (SSSR count). The molecule has 1 aliphatic carbocycles. The van der Waals surface area contributed by atoms with E-state index in [2.05, 4.69) is 0 Å². The molecule has 5 heteroatoms. The number of ketones is 1. The third kappa shape index (κ3) is 4.52. The predicted molar refractivity (Wildman–Crippen MR) is 145 cm³/mol. The molecular weight excluding hydrogens is 470 g/mol. The van der Waals surface area contributed by atoms with E-state index in [-0.39, 0.29) is 5.78 Å². The zero-order valence-electron chi connectivity index (χ0n) is 20.2. The fraction of sp³-hybridized carbons (Fsp3) is 0.161. The van der Waals surface area contributed by atoms with E-state index in [1.165, 1.54) is 0 Å². The van der Waals surface area contributed by atoms with Gasteiger partial charge in [0, 0.05) is 21.7 Å². The van der Waals surface area contributed by atoms with Gasteiger partial charge in [-0.1, -0.05) is 90.5 Å².